The third-order valence-electron chi connectivity index (χ3n) is 3.09. The summed E-state index contributed by atoms with van der Waals surface area (Å²) in [6.45, 7) is 3.37. The van der Waals surface area contributed by atoms with Gasteiger partial charge in [-0.2, -0.15) is 0 Å². The van der Waals surface area contributed by atoms with Crippen molar-refractivity contribution >= 4 is 10.0 Å². The minimum absolute atomic E-state index is 0.146. The van der Waals surface area contributed by atoms with Crippen molar-refractivity contribution in [2.24, 2.45) is 0 Å². The van der Waals surface area contributed by atoms with E-state index in [9.17, 15) is 13.5 Å². The Labute approximate surface area is 124 Å². The Morgan fingerprint density at radius 2 is 2.00 bits per heavy atom. The molecule has 21 heavy (non-hydrogen) atoms. The molecule has 0 fully saturated rings. The first-order chi connectivity index (χ1) is 9.88. The van der Waals surface area contributed by atoms with Gasteiger partial charge >= 0.3 is 0 Å². The van der Waals surface area contributed by atoms with Gasteiger partial charge in [0.1, 0.15) is 5.76 Å². The molecule has 0 saturated heterocycles. The van der Waals surface area contributed by atoms with Crippen molar-refractivity contribution in [1.29, 1.82) is 0 Å². The Balaban J connectivity index is 2.12. The lowest BCUT2D eigenvalue weighted by Crippen LogP contribution is -2.34. The van der Waals surface area contributed by atoms with Gasteiger partial charge in [-0.05, 0) is 43.7 Å². The highest BCUT2D eigenvalue weighted by Gasteiger charge is 2.19. The molecular formula is C15H19NO4S. The van der Waals surface area contributed by atoms with Gasteiger partial charge in [-0.3, -0.25) is 0 Å². The maximum atomic E-state index is 12.3. The number of aliphatic hydroxyl groups excluding tert-OH is 1. The van der Waals surface area contributed by atoms with E-state index in [4.69, 9.17) is 4.42 Å². The van der Waals surface area contributed by atoms with Gasteiger partial charge in [-0.1, -0.05) is 12.1 Å². The highest BCUT2D eigenvalue weighted by atomic mass is 32.2. The van der Waals surface area contributed by atoms with Gasteiger partial charge in [-0.25, -0.2) is 13.1 Å². The first-order valence-corrected chi connectivity index (χ1v) is 8.19. The molecule has 2 rings (SSSR count). The van der Waals surface area contributed by atoms with Crippen molar-refractivity contribution in [3.63, 3.8) is 0 Å². The number of hydrogen-bond donors (Lipinski definition) is 2. The Morgan fingerprint density at radius 1 is 1.24 bits per heavy atom. The van der Waals surface area contributed by atoms with Gasteiger partial charge in [0.2, 0.25) is 10.0 Å². The van der Waals surface area contributed by atoms with Crippen molar-refractivity contribution < 1.29 is 17.9 Å². The number of hydrogen-bond acceptors (Lipinski definition) is 4. The Hall–Kier alpha value is -1.63. The standard InChI is InChI=1S/C15H19NO4S/c1-11(9-14-6-4-8-20-14)16-21(18,19)15-7-3-5-13(10-15)12(2)17/h3-8,10-12,16-17H,9H2,1-2H3. The second-order valence-electron chi connectivity index (χ2n) is 5.05. The molecular weight excluding hydrogens is 290 g/mol. The lowest BCUT2D eigenvalue weighted by molar-refractivity contribution is 0.199. The van der Waals surface area contributed by atoms with E-state index in [0.717, 1.165) is 5.76 Å². The summed E-state index contributed by atoms with van der Waals surface area (Å²) in [6.07, 6.45) is 1.33. The molecule has 2 unspecified atom stereocenters. The number of aliphatic hydroxyl groups is 1. The van der Waals surface area contributed by atoms with Crippen LogP contribution in [0, 0.1) is 0 Å². The molecule has 114 valence electrons. The van der Waals surface area contributed by atoms with Gasteiger partial charge in [0, 0.05) is 12.5 Å². The zero-order valence-electron chi connectivity index (χ0n) is 12.0. The predicted octanol–water partition coefficient (Wildman–Crippen LogP) is 2.24. The summed E-state index contributed by atoms with van der Waals surface area (Å²) in [6, 6.07) is 9.57. The van der Waals surface area contributed by atoms with E-state index in [1.165, 1.54) is 12.1 Å². The third kappa shape index (κ3) is 4.17. The van der Waals surface area contributed by atoms with Crippen LogP contribution in [0.1, 0.15) is 31.3 Å². The zero-order chi connectivity index (χ0) is 15.5. The smallest absolute Gasteiger partial charge is 0.240 e. The van der Waals surface area contributed by atoms with Gasteiger partial charge < -0.3 is 9.52 Å². The van der Waals surface area contributed by atoms with Gasteiger partial charge in [0.05, 0.1) is 17.3 Å². The van der Waals surface area contributed by atoms with E-state index in [1.54, 1.807) is 44.4 Å². The summed E-state index contributed by atoms with van der Waals surface area (Å²) >= 11 is 0. The molecule has 0 amide bonds. The fraction of sp³-hybridized carbons (Fsp3) is 0.333. The van der Waals surface area contributed by atoms with Crippen LogP contribution in [-0.2, 0) is 16.4 Å². The third-order valence-corrected chi connectivity index (χ3v) is 4.68. The molecule has 0 spiro atoms. The van der Waals surface area contributed by atoms with E-state index in [0.29, 0.717) is 12.0 Å². The summed E-state index contributed by atoms with van der Waals surface area (Å²) in [5.41, 5.74) is 0.566. The SMILES string of the molecule is CC(Cc1ccco1)NS(=O)(=O)c1cccc(C(C)O)c1. The molecule has 5 nitrogen and oxygen atoms in total. The first kappa shape index (κ1) is 15.8. The highest BCUT2D eigenvalue weighted by molar-refractivity contribution is 7.89. The van der Waals surface area contributed by atoms with Gasteiger partial charge in [0.25, 0.3) is 0 Å². The van der Waals surface area contributed by atoms with Gasteiger partial charge in [0.15, 0.2) is 0 Å². The number of furan rings is 1. The van der Waals surface area contributed by atoms with E-state index in [-0.39, 0.29) is 10.9 Å². The summed E-state index contributed by atoms with van der Waals surface area (Å²) in [5.74, 6) is 0.725. The van der Waals surface area contributed by atoms with Crippen LogP contribution in [0.15, 0.2) is 52.0 Å². The van der Waals surface area contributed by atoms with Crippen LogP contribution >= 0.6 is 0 Å². The Bertz CT molecular complexity index is 677. The zero-order valence-corrected chi connectivity index (χ0v) is 12.8. The lowest BCUT2D eigenvalue weighted by Gasteiger charge is -2.14. The molecule has 0 aliphatic heterocycles. The quantitative estimate of drug-likeness (QED) is 0.857. The Kier molecular flexibility index (Phi) is 4.82. The van der Waals surface area contributed by atoms with Crippen LogP contribution in [0.25, 0.3) is 0 Å². The molecule has 0 radical (unpaired) electrons. The van der Waals surface area contributed by atoms with Crippen molar-refractivity contribution in [3.05, 3.63) is 54.0 Å². The van der Waals surface area contributed by atoms with E-state index >= 15 is 0 Å². The molecule has 1 aromatic heterocycles. The molecule has 1 heterocycles. The summed E-state index contributed by atoms with van der Waals surface area (Å²) < 4.78 is 32.5. The monoisotopic (exact) mass is 309 g/mol. The number of nitrogens with one attached hydrogen (secondary N) is 1. The van der Waals surface area contributed by atoms with Crippen LogP contribution in [0.4, 0.5) is 0 Å². The molecule has 0 bridgehead atoms. The van der Waals surface area contributed by atoms with Crippen LogP contribution in [0.5, 0.6) is 0 Å². The fourth-order valence-electron chi connectivity index (χ4n) is 2.05. The van der Waals surface area contributed by atoms with E-state index in [2.05, 4.69) is 4.72 Å². The summed E-state index contributed by atoms with van der Waals surface area (Å²) in [7, 11) is -3.62. The predicted molar refractivity (Wildman–Crippen MR) is 79.3 cm³/mol. The van der Waals surface area contributed by atoms with Crippen molar-refractivity contribution in [2.45, 2.75) is 37.3 Å². The molecule has 1 aromatic carbocycles. The number of benzene rings is 1. The largest absolute Gasteiger partial charge is 0.469 e. The fourth-order valence-corrected chi connectivity index (χ4v) is 3.34. The molecule has 0 aliphatic rings. The van der Waals surface area contributed by atoms with Crippen LogP contribution in [0.3, 0.4) is 0 Å². The van der Waals surface area contributed by atoms with Crippen molar-refractivity contribution in [1.82, 2.24) is 4.72 Å². The molecule has 2 N–H and O–H groups in total. The minimum atomic E-state index is -3.62. The van der Waals surface area contributed by atoms with Gasteiger partial charge in [-0.15, -0.1) is 0 Å². The number of rotatable bonds is 6. The molecule has 2 aromatic rings. The molecule has 6 heteroatoms. The van der Waals surface area contributed by atoms with Crippen LogP contribution in [-0.4, -0.2) is 19.6 Å². The summed E-state index contributed by atoms with van der Waals surface area (Å²) in [5, 5.41) is 9.54. The maximum absolute atomic E-state index is 12.3. The highest BCUT2D eigenvalue weighted by Crippen LogP contribution is 2.17. The topological polar surface area (TPSA) is 79.5 Å². The van der Waals surface area contributed by atoms with E-state index in [1.807, 2.05) is 0 Å². The van der Waals surface area contributed by atoms with Crippen molar-refractivity contribution in [3.8, 4) is 0 Å². The molecule has 2 atom stereocenters. The average molecular weight is 309 g/mol. The normalized spacial score (nSPS) is 14.8. The van der Waals surface area contributed by atoms with Crippen molar-refractivity contribution in [2.75, 3.05) is 0 Å². The average Bonchev–Trinajstić information content (AvgIpc) is 2.91. The lowest BCUT2D eigenvalue weighted by atomic mass is 10.1. The second-order valence-corrected chi connectivity index (χ2v) is 6.77. The Morgan fingerprint density at radius 3 is 2.62 bits per heavy atom. The van der Waals surface area contributed by atoms with Crippen LogP contribution < -0.4 is 4.72 Å². The minimum Gasteiger partial charge on any atom is -0.469 e. The van der Waals surface area contributed by atoms with E-state index < -0.39 is 16.1 Å². The second kappa shape index (κ2) is 6.43. The van der Waals surface area contributed by atoms with Crippen LogP contribution in [0.2, 0.25) is 0 Å². The maximum Gasteiger partial charge on any atom is 0.240 e. The molecule has 0 aliphatic carbocycles. The number of sulfonamides is 1. The molecule has 0 saturated carbocycles. The first-order valence-electron chi connectivity index (χ1n) is 6.71. The summed E-state index contributed by atoms with van der Waals surface area (Å²) in [4.78, 5) is 0.146.